The van der Waals surface area contributed by atoms with Crippen molar-refractivity contribution in [1.29, 1.82) is 0 Å². The van der Waals surface area contributed by atoms with Crippen LogP contribution in [0.2, 0.25) is 5.02 Å². The lowest BCUT2D eigenvalue weighted by atomic mass is 10.1. The number of rotatable bonds is 5. The zero-order chi connectivity index (χ0) is 16.1. The second-order valence-corrected chi connectivity index (χ2v) is 6.54. The van der Waals surface area contributed by atoms with Crippen molar-refractivity contribution < 1.29 is 4.79 Å². The Labute approximate surface area is 144 Å². The van der Waals surface area contributed by atoms with Gasteiger partial charge in [0.15, 0.2) is 0 Å². The Morgan fingerprint density at radius 3 is 2.74 bits per heavy atom. The highest BCUT2D eigenvalue weighted by Crippen LogP contribution is 2.20. The van der Waals surface area contributed by atoms with Gasteiger partial charge in [0.25, 0.3) is 5.91 Å². The fourth-order valence-electron chi connectivity index (χ4n) is 2.26. The molecular formula is C18H15ClN2OS. The smallest absolute Gasteiger partial charge is 0.251 e. The lowest BCUT2D eigenvalue weighted by molar-refractivity contribution is 0.0958. The summed E-state index contributed by atoms with van der Waals surface area (Å²) in [5.74, 6) is 0.733. The van der Waals surface area contributed by atoms with Crippen molar-refractivity contribution in [2.45, 2.75) is 4.90 Å². The average Bonchev–Trinajstić information content (AvgIpc) is 2.59. The largest absolute Gasteiger partial charge is 0.351 e. The van der Waals surface area contributed by atoms with Crippen LogP contribution in [0.1, 0.15) is 10.4 Å². The molecule has 1 heterocycles. The van der Waals surface area contributed by atoms with E-state index in [4.69, 9.17) is 11.6 Å². The first-order chi connectivity index (χ1) is 11.2. The lowest BCUT2D eigenvalue weighted by Gasteiger charge is -2.07. The maximum Gasteiger partial charge on any atom is 0.251 e. The SMILES string of the molecule is O=C(NCCSc1ccc(Cl)cc1)c1cccc2ncccc12. The highest BCUT2D eigenvalue weighted by atomic mass is 35.5. The van der Waals surface area contributed by atoms with Gasteiger partial charge in [0, 0.05) is 39.4 Å². The summed E-state index contributed by atoms with van der Waals surface area (Å²) in [6, 6.07) is 17.0. The molecule has 0 saturated heterocycles. The highest BCUT2D eigenvalue weighted by molar-refractivity contribution is 7.99. The Bertz CT molecular complexity index is 815. The molecule has 0 saturated carbocycles. The molecule has 0 aliphatic heterocycles. The molecule has 0 unspecified atom stereocenters. The third kappa shape index (κ3) is 4.03. The van der Waals surface area contributed by atoms with E-state index in [2.05, 4.69) is 10.3 Å². The molecule has 0 radical (unpaired) electrons. The van der Waals surface area contributed by atoms with Gasteiger partial charge in [-0.25, -0.2) is 0 Å². The van der Waals surface area contributed by atoms with E-state index in [1.165, 1.54) is 0 Å². The van der Waals surface area contributed by atoms with Crippen molar-refractivity contribution in [3.63, 3.8) is 0 Å². The normalized spacial score (nSPS) is 10.7. The van der Waals surface area contributed by atoms with Gasteiger partial charge in [-0.05, 0) is 42.5 Å². The van der Waals surface area contributed by atoms with E-state index in [0.717, 1.165) is 26.6 Å². The first kappa shape index (κ1) is 15.8. The number of hydrogen-bond donors (Lipinski definition) is 1. The number of carbonyl (C=O) groups excluding carboxylic acids is 1. The molecule has 2 aromatic carbocycles. The lowest BCUT2D eigenvalue weighted by Crippen LogP contribution is -2.25. The standard InChI is InChI=1S/C18H15ClN2OS/c19-13-6-8-14(9-7-13)23-12-11-21-18(22)16-3-1-5-17-15(16)4-2-10-20-17/h1-10H,11-12H2,(H,21,22). The fourth-order valence-corrected chi connectivity index (χ4v) is 3.16. The van der Waals surface area contributed by atoms with Gasteiger partial charge in [-0.2, -0.15) is 0 Å². The molecule has 3 rings (SSSR count). The minimum absolute atomic E-state index is 0.0692. The van der Waals surface area contributed by atoms with E-state index in [1.807, 2.05) is 54.6 Å². The number of nitrogens with one attached hydrogen (secondary N) is 1. The summed E-state index contributed by atoms with van der Waals surface area (Å²) in [5, 5.41) is 4.56. The van der Waals surface area contributed by atoms with Crippen molar-refractivity contribution in [1.82, 2.24) is 10.3 Å². The summed E-state index contributed by atoms with van der Waals surface area (Å²) in [4.78, 5) is 17.8. The number of pyridine rings is 1. The van der Waals surface area contributed by atoms with Crippen molar-refractivity contribution in [2.75, 3.05) is 12.3 Å². The summed E-state index contributed by atoms with van der Waals surface area (Å²) in [6.45, 7) is 0.600. The summed E-state index contributed by atoms with van der Waals surface area (Å²) >= 11 is 7.54. The maximum atomic E-state index is 12.3. The van der Waals surface area contributed by atoms with Crippen molar-refractivity contribution in [3.05, 3.63) is 71.4 Å². The number of hydrogen-bond acceptors (Lipinski definition) is 3. The quantitative estimate of drug-likeness (QED) is 0.551. The molecule has 1 amide bonds. The van der Waals surface area contributed by atoms with Crippen molar-refractivity contribution >= 4 is 40.2 Å². The number of carbonyl (C=O) groups is 1. The van der Waals surface area contributed by atoms with Gasteiger partial charge in [-0.3, -0.25) is 9.78 Å². The van der Waals surface area contributed by atoms with Crippen LogP contribution in [0.25, 0.3) is 10.9 Å². The van der Waals surface area contributed by atoms with Crippen LogP contribution in [-0.2, 0) is 0 Å². The van der Waals surface area contributed by atoms with Gasteiger partial charge < -0.3 is 5.32 Å². The molecule has 0 atom stereocenters. The molecule has 1 N–H and O–H groups in total. The van der Waals surface area contributed by atoms with E-state index < -0.39 is 0 Å². The highest BCUT2D eigenvalue weighted by Gasteiger charge is 2.09. The second-order valence-electron chi connectivity index (χ2n) is 4.93. The molecule has 0 fully saturated rings. The molecule has 116 valence electrons. The third-order valence-corrected chi connectivity index (χ3v) is 4.63. The minimum Gasteiger partial charge on any atom is -0.351 e. The Balaban J connectivity index is 1.57. The molecule has 0 aliphatic rings. The maximum absolute atomic E-state index is 12.3. The van der Waals surface area contributed by atoms with Gasteiger partial charge in [0.2, 0.25) is 0 Å². The van der Waals surface area contributed by atoms with Crippen LogP contribution in [0.15, 0.2) is 65.7 Å². The van der Waals surface area contributed by atoms with Crippen LogP contribution in [0.3, 0.4) is 0 Å². The summed E-state index contributed by atoms with van der Waals surface area (Å²) in [5.41, 5.74) is 1.49. The van der Waals surface area contributed by atoms with Crippen LogP contribution in [0.5, 0.6) is 0 Å². The van der Waals surface area contributed by atoms with E-state index in [9.17, 15) is 4.79 Å². The Kier molecular flexibility index (Phi) is 5.16. The number of fused-ring (bicyclic) bond motifs is 1. The molecular weight excluding hydrogens is 328 g/mol. The van der Waals surface area contributed by atoms with E-state index in [0.29, 0.717) is 12.1 Å². The first-order valence-corrected chi connectivity index (χ1v) is 8.61. The monoisotopic (exact) mass is 342 g/mol. The minimum atomic E-state index is -0.0692. The molecule has 3 aromatic rings. The number of nitrogens with zero attached hydrogens (tertiary/aromatic N) is 1. The molecule has 23 heavy (non-hydrogen) atoms. The Hall–Kier alpha value is -2.04. The number of aromatic nitrogens is 1. The number of halogens is 1. The van der Waals surface area contributed by atoms with Crippen LogP contribution in [0, 0.1) is 0 Å². The summed E-state index contributed by atoms with van der Waals surface area (Å²) < 4.78 is 0. The zero-order valence-corrected chi connectivity index (χ0v) is 13.9. The molecule has 5 heteroatoms. The molecule has 3 nitrogen and oxygen atoms in total. The molecule has 0 bridgehead atoms. The van der Waals surface area contributed by atoms with Crippen LogP contribution in [0.4, 0.5) is 0 Å². The predicted octanol–water partition coefficient (Wildman–Crippen LogP) is 4.41. The van der Waals surface area contributed by atoms with Crippen LogP contribution in [-0.4, -0.2) is 23.2 Å². The van der Waals surface area contributed by atoms with Crippen molar-refractivity contribution in [2.24, 2.45) is 0 Å². The van der Waals surface area contributed by atoms with Crippen LogP contribution < -0.4 is 5.32 Å². The Morgan fingerprint density at radius 2 is 1.91 bits per heavy atom. The molecule has 0 aliphatic carbocycles. The van der Waals surface area contributed by atoms with E-state index in [-0.39, 0.29) is 5.91 Å². The summed E-state index contributed by atoms with van der Waals surface area (Å²) in [7, 11) is 0. The van der Waals surface area contributed by atoms with Gasteiger partial charge in [-0.15, -0.1) is 11.8 Å². The Morgan fingerprint density at radius 1 is 1.09 bits per heavy atom. The first-order valence-electron chi connectivity index (χ1n) is 7.24. The topological polar surface area (TPSA) is 42.0 Å². The van der Waals surface area contributed by atoms with E-state index >= 15 is 0 Å². The zero-order valence-electron chi connectivity index (χ0n) is 12.3. The number of amides is 1. The summed E-state index contributed by atoms with van der Waals surface area (Å²) in [6.07, 6.45) is 1.73. The van der Waals surface area contributed by atoms with Gasteiger partial charge in [-0.1, -0.05) is 23.7 Å². The number of benzene rings is 2. The van der Waals surface area contributed by atoms with Gasteiger partial charge >= 0.3 is 0 Å². The van der Waals surface area contributed by atoms with Gasteiger partial charge in [0.1, 0.15) is 0 Å². The predicted molar refractivity (Wildman–Crippen MR) is 96.3 cm³/mol. The molecule has 0 spiro atoms. The van der Waals surface area contributed by atoms with E-state index in [1.54, 1.807) is 18.0 Å². The second kappa shape index (κ2) is 7.49. The fraction of sp³-hybridized carbons (Fsp3) is 0.111. The van der Waals surface area contributed by atoms with Gasteiger partial charge in [0.05, 0.1) is 5.52 Å². The molecule has 1 aromatic heterocycles. The third-order valence-electron chi connectivity index (χ3n) is 3.36. The van der Waals surface area contributed by atoms with Crippen molar-refractivity contribution in [3.8, 4) is 0 Å². The average molecular weight is 343 g/mol. The number of thioether (sulfide) groups is 1. The van der Waals surface area contributed by atoms with Crippen LogP contribution >= 0.6 is 23.4 Å².